The Hall–Kier alpha value is -2.55. The number of benzene rings is 2. The number of aromatic nitrogens is 2. The highest BCUT2D eigenvalue weighted by molar-refractivity contribution is 8.00. The Morgan fingerprint density at radius 3 is 2.58 bits per heavy atom. The minimum Gasteiger partial charge on any atom is -0.497 e. The average Bonchev–Trinajstić information content (AvgIpc) is 3.27. The lowest BCUT2D eigenvalue weighted by Gasteiger charge is -2.33. The van der Waals surface area contributed by atoms with E-state index >= 15 is 0 Å². The Kier molecular flexibility index (Phi) is 7.11. The van der Waals surface area contributed by atoms with Crippen LogP contribution in [-0.2, 0) is 11.3 Å². The van der Waals surface area contributed by atoms with Gasteiger partial charge < -0.3 is 14.2 Å². The molecule has 2 aromatic carbocycles. The van der Waals surface area contributed by atoms with Gasteiger partial charge in [-0.2, -0.15) is 4.98 Å². The summed E-state index contributed by atoms with van der Waals surface area (Å²) in [6.45, 7) is 3.47. The zero-order valence-corrected chi connectivity index (χ0v) is 18.7. The molecule has 3 aromatic rings. The second-order valence-corrected chi connectivity index (χ2v) is 8.54. The number of hydrogen-bond donors (Lipinski definition) is 0. The Balaban J connectivity index is 1.25. The van der Waals surface area contributed by atoms with E-state index in [9.17, 15) is 4.79 Å². The molecule has 1 saturated heterocycles. The number of carbonyl (C=O) groups is 1. The highest BCUT2D eigenvalue weighted by Crippen LogP contribution is 2.27. The lowest BCUT2D eigenvalue weighted by atomic mass is 10.2. The number of nitrogens with zero attached hydrogens (tertiary/aromatic N) is 4. The molecule has 162 valence electrons. The molecule has 31 heavy (non-hydrogen) atoms. The van der Waals surface area contributed by atoms with Crippen LogP contribution in [-0.4, -0.2) is 64.9 Å². The topological polar surface area (TPSA) is 71.7 Å². The van der Waals surface area contributed by atoms with Gasteiger partial charge in [0.05, 0.1) is 24.4 Å². The van der Waals surface area contributed by atoms with Crippen LogP contribution in [0.25, 0.3) is 11.4 Å². The number of piperazine rings is 1. The molecule has 4 rings (SSSR count). The molecule has 2 heterocycles. The van der Waals surface area contributed by atoms with E-state index in [0.717, 1.165) is 29.3 Å². The molecule has 1 amide bonds. The fraction of sp³-hybridized carbons (Fsp3) is 0.318. The minimum atomic E-state index is 0.129. The molecule has 1 aliphatic heterocycles. The van der Waals surface area contributed by atoms with Gasteiger partial charge in [-0.1, -0.05) is 28.9 Å². The summed E-state index contributed by atoms with van der Waals surface area (Å²) in [7, 11) is 1.63. The summed E-state index contributed by atoms with van der Waals surface area (Å²) >= 11 is 7.64. The molecule has 0 unspecified atom stereocenters. The molecular formula is C22H23ClN4O3S. The van der Waals surface area contributed by atoms with Crippen LogP contribution in [0.15, 0.2) is 57.9 Å². The van der Waals surface area contributed by atoms with Gasteiger partial charge in [0.25, 0.3) is 0 Å². The second kappa shape index (κ2) is 10.2. The van der Waals surface area contributed by atoms with E-state index in [2.05, 4.69) is 15.0 Å². The standard InChI is InChI=1S/C22H23ClN4O3S/c1-29-17-8-6-16(7-9-17)22-24-20(30-25-22)14-26-10-12-27(13-11-26)21(28)15-31-19-5-3-2-4-18(19)23/h2-9H,10-15H2,1H3. The predicted molar refractivity (Wildman–Crippen MR) is 120 cm³/mol. The first-order chi connectivity index (χ1) is 15.1. The fourth-order valence-corrected chi connectivity index (χ4v) is 4.46. The lowest BCUT2D eigenvalue weighted by molar-refractivity contribution is -0.130. The number of rotatable bonds is 7. The van der Waals surface area contributed by atoms with Crippen LogP contribution in [0.3, 0.4) is 0 Å². The average molecular weight is 459 g/mol. The van der Waals surface area contributed by atoms with Crippen LogP contribution in [0, 0.1) is 0 Å². The van der Waals surface area contributed by atoms with Gasteiger partial charge in [-0.25, -0.2) is 0 Å². The molecule has 0 atom stereocenters. The van der Waals surface area contributed by atoms with Crippen LogP contribution < -0.4 is 4.74 Å². The summed E-state index contributed by atoms with van der Waals surface area (Å²) in [5.74, 6) is 2.43. The van der Waals surface area contributed by atoms with Gasteiger partial charge in [-0.3, -0.25) is 9.69 Å². The van der Waals surface area contributed by atoms with Crippen LogP contribution in [0.5, 0.6) is 5.75 Å². The largest absolute Gasteiger partial charge is 0.497 e. The number of methoxy groups -OCH3 is 1. The van der Waals surface area contributed by atoms with Gasteiger partial charge in [0.1, 0.15) is 5.75 Å². The zero-order chi connectivity index (χ0) is 21.6. The van der Waals surface area contributed by atoms with Crippen molar-refractivity contribution < 1.29 is 14.1 Å². The van der Waals surface area contributed by atoms with E-state index in [-0.39, 0.29) is 5.91 Å². The maximum absolute atomic E-state index is 12.5. The van der Waals surface area contributed by atoms with Crippen molar-refractivity contribution in [3.63, 3.8) is 0 Å². The molecular weight excluding hydrogens is 436 g/mol. The number of halogens is 1. The van der Waals surface area contributed by atoms with Crippen LogP contribution in [0.4, 0.5) is 0 Å². The third kappa shape index (κ3) is 5.58. The molecule has 9 heteroatoms. The van der Waals surface area contributed by atoms with Gasteiger partial charge in [-0.05, 0) is 36.4 Å². The van der Waals surface area contributed by atoms with E-state index in [1.54, 1.807) is 7.11 Å². The highest BCUT2D eigenvalue weighted by atomic mass is 35.5. The van der Waals surface area contributed by atoms with Gasteiger partial charge in [0, 0.05) is 36.6 Å². The Morgan fingerprint density at radius 2 is 1.87 bits per heavy atom. The number of hydrogen-bond acceptors (Lipinski definition) is 7. The summed E-state index contributed by atoms with van der Waals surface area (Å²) in [6.07, 6.45) is 0. The molecule has 0 radical (unpaired) electrons. The van der Waals surface area contributed by atoms with E-state index < -0.39 is 0 Å². The fourth-order valence-electron chi connectivity index (χ4n) is 3.32. The van der Waals surface area contributed by atoms with Crippen molar-refractivity contribution in [1.82, 2.24) is 19.9 Å². The summed E-state index contributed by atoms with van der Waals surface area (Å²) in [6, 6.07) is 15.1. The lowest BCUT2D eigenvalue weighted by Crippen LogP contribution is -2.48. The van der Waals surface area contributed by atoms with E-state index in [1.165, 1.54) is 11.8 Å². The minimum absolute atomic E-state index is 0.129. The van der Waals surface area contributed by atoms with Crippen molar-refractivity contribution in [3.05, 3.63) is 59.4 Å². The van der Waals surface area contributed by atoms with Crippen molar-refractivity contribution in [2.45, 2.75) is 11.4 Å². The van der Waals surface area contributed by atoms with E-state index in [1.807, 2.05) is 53.4 Å². The number of ether oxygens (including phenoxy) is 1. The van der Waals surface area contributed by atoms with Gasteiger partial charge in [-0.15, -0.1) is 11.8 Å². The van der Waals surface area contributed by atoms with Crippen LogP contribution >= 0.6 is 23.4 Å². The molecule has 0 spiro atoms. The SMILES string of the molecule is COc1ccc(-c2noc(CN3CCN(C(=O)CSc4ccccc4Cl)CC3)n2)cc1. The molecule has 0 saturated carbocycles. The molecule has 7 nitrogen and oxygen atoms in total. The monoisotopic (exact) mass is 458 g/mol. The molecule has 1 aliphatic rings. The Labute approximate surface area is 190 Å². The second-order valence-electron chi connectivity index (χ2n) is 7.12. The number of thioether (sulfide) groups is 1. The molecule has 1 aromatic heterocycles. The van der Waals surface area contributed by atoms with Crippen LogP contribution in [0.2, 0.25) is 5.02 Å². The van der Waals surface area contributed by atoms with Crippen LogP contribution in [0.1, 0.15) is 5.89 Å². The summed E-state index contributed by atoms with van der Waals surface area (Å²) < 4.78 is 10.6. The molecule has 0 aliphatic carbocycles. The van der Waals surface area contributed by atoms with Crippen molar-refractivity contribution in [2.75, 3.05) is 39.0 Å². The van der Waals surface area contributed by atoms with Crippen molar-refractivity contribution in [2.24, 2.45) is 0 Å². The third-order valence-corrected chi connectivity index (χ3v) is 6.59. The normalized spacial score (nSPS) is 14.6. The number of carbonyl (C=O) groups excluding carboxylic acids is 1. The summed E-state index contributed by atoms with van der Waals surface area (Å²) in [5, 5.41) is 4.76. The smallest absolute Gasteiger partial charge is 0.241 e. The van der Waals surface area contributed by atoms with Gasteiger partial charge >= 0.3 is 0 Å². The Morgan fingerprint density at radius 1 is 1.13 bits per heavy atom. The number of amides is 1. The zero-order valence-electron chi connectivity index (χ0n) is 17.2. The summed E-state index contributed by atoms with van der Waals surface area (Å²) in [5.41, 5.74) is 0.877. The molecule has 1 fully saturated rings. The van der Waals surface area contributed by atoms with Crippen molar-refractivity contribution in [1.29, 1.82) is 0 Å². The highest BCUT2D eigenvalue weighted by Gasteiger charge is 2.23. The predicted octanol–water partition coefficient (Wildman–Crippen LogP) is 3.84. The maximum Gasteiger partial charge on any atom is 0.241 e. The van der Waals surface area contributed by atoms with E-state index in [0.29, 0.717) is 42.1 Å². The van der Waals surface area contributed by atoms with E-state index in [4.69, 9.17) is 20.9 Å². The van der Waals surface area contributed by atoms with Crippen molar-refractivity contribution in [3.8, 4) is 17.1 Å². The Bertz CT molecular complexity index is 1020. The third-order valence-electron chi connectivity index (χ3n) is 5.09. The first kappa shape index (κ1) is 21.7. The first-order valence-corrected chi connectivity index (χ1v) is 11.3. The van der Waals surface area contributed by atoms with Crippen molar-refractivity contribution >= 4 is 29.3 Å². The first-order valence-electron chi connectivity index (χ1n) is 9.97. The summed E-state index contributed by atoms with van der Waals surface area (Å²) in [4.78, 5) is 22.1. The van der Waals surface area contributed by atoms with Gasteiger partial charge in [0.15, 0.2) is 0 Å². The van der Waals surface area contributed by atoms with Gasteiger partial charge in [0.2, 0.25) is 17.6 Å². The quantitative estimate of drug-likeness (QED) is 0.498. The maximum atomic E-state index is 12.5. The molecule has 0 bridgehead atoms. The molecule has 0 N–H and O–H groups in total.